The standard InChI is InChI=1S/C29H24F3NO3S/c1-16-19(14-20-21(30)11-7-12-22(20)31)29-33(23(15-37-29)27(34)17-8-4-3-5-9-17)28(35)25(16)18-10-6-13-24(36-2)26(18)32/h3-13,23,28,35H,14-15H2,1-2H3. The SMILES string of the molecule is COc1cccc(C2=C(C)C(Cc3c(F)cccc3F)=C3SCC(C(=O)c4ccccc4)N3C2O)c1F. The van der Waals surface area contributed by atoms with Crippen LogP contribution in [0.2, 0.25) is 0 Å². The molecule has 0 bridgehead atoms. The van der Waals surface area contributed by atoms with Gasteiger partial charge in [-0.1, -0.05) is 48.5 Å². The van der Waals surface area contributed by atoms with Crippen LogP contribution < -0.4 is 4.74 Å². The van der Waals surface area contributed by atoms with Gasteiger partial charge in [0.2, 0.25) is 0 Å². The molecular formula is C29H24F3NO3S. The van der Waals surface area contributed by atoms with Crippen molar-refractivity contribution in [1.29, 1.82) is 0 Å². The van der Waals surface area contributed by atoms with Gasteiger partial charge in [0.25, 0.3) is 0 Å². The number of hydrogen-bond donors (Lipinski definition) is 1. The van der Waals surface area contributed by atoms with Crippen LogP contribution in [0.3, 0.4) is 0 Å². The normalized spacial score (nSPS) is 19.4. The first-order chi connectivity index (χ1) is 17.8. The molecule has 1 N–H and O–H groups in total. The van der Waals surface area contributed by atoms with Crippen molar-refractivity contribution in [2.75, 3.05) is 12.9 Å². The van der Waals surface area contributed by atoms with E-state index in [9.17, 15) is 18.7 Å². The number of benzene rings is 3. The summed E-state index contributed by atoms with van der Waals surface area (Å²) in [4.78, 5) is 15.0. The zero-order chi connectivity index (χ0) is 26.3. The minimum atomic E-state index is -1.36. The fourth-order valence-electron chi connectivity index (χ4n) is 4.93. The zero-order valence-electron chi connectivity index (χ0n) is 20.2. The molecule has 0 radical (unpaired) electrons. The first kappa shape index (κ1) is 25.2. The Hall–Kier alpha value is -3.49. The molecule has 0 spiro atoms. The van der Waals surface area contributed by atoms with E-state index < -0.39 is 29.7 Å². The van der Waals surface area contributed by atoms with Gasteiger partial charge in [-0.15, -0.1) is 11.8 Å². The maximum absolute atomic E-state index is 15.5. The van der Waals surface area contributed by atoms with Crippen LogP contribution >= 0.6 is 11.8 Å². The Kier molecular flexibility index (Phi) is 6.88. The second-order valence-corrected chi connectivity index (χ2v) is 9.87. The number of thioether (sulfide) groups is 1. The Morgan fingerprint density at radius 2 is 1.70 bits per heavy atom. The van der Waals surface area contributed by atoms with E-state index in [0.717, 1.165) is 0 Å². The highest BCUT2D eigenvalue weighted by Gasteiger charge is 2.45. The van der Waals surface area contributed by atoms with Crippen molar-refractivity contribution in [2.45, 2.75) is 25.6 Å². The highest BCUT2D eigenvalue weighted by atomic mass is 32.2. The number of Topliss-reactive ketones (excluding diaryl/α,β-unsaturated/α-hetero) is 1. The van der Waals surface area contributed by atoms with Crippen molar-refractivity contribution >= 4 is 23.1 Å². The van der Waals surface area contributed by atoms with Crippen LogP contribution in [0.5, 0.6) is 5.75 Å². The van der Waals surface area contributed by atoms with Gasteiger partial charge in [0.1, 0.15) is 17.7 Å². The van der Waals surface area contributed by atoms with E-state index in [-0.39, 0.29) is 34.7 Å². The van der Waals surface area contributed by atoms with Gasteiger partial charge in [0, 0.05) is 34.4 Å². The monoisotopic (exact) mass is 523 g/mol. The molecule has 0 amide bonds. The number of allylic oxidation sites excluding steroid dienone is 2. The van der Waals surface area contributed by atoms with Gasteiger partial charge in [-0.25, -0.2) is 13.2 Å². The Bertz CT molecular complexity index is 1420. The number of rotatable bonds is 6. The fourth-order valence-corrected chi connectivity index (χ4v) is 6.34. The molecule has 5 rings (SSSR count). The zero-order valence-corrected chi connectivity index (χ0v) is 21.0. The average Bonchev–Trinajstić information content (AvgIpc) is 3.34. The number of ketones is 1. The lowest BCUT2D eigenvalue weighted by molar-refractivity contribution is 0.0506. The summed E-state index contributed by atoms with van der Waals surface area (Å²) in [5, 5.41) is 12.2. The maximum Gasteiger partial charge on any atom is 0.186 e. The van der Waals surface area contributed by atoms with E-state index in [1.807, 2.05) is 0 Å². The summed E-state index contributed by atoms with van der Waals surface area (Å²) < 4.78 is 50.0. The Balaban J connectivity index is 1.68. The summed E-state index contributed by atoms with van der Waals surface area (Å²) in [6.45, 7) is 1.70. The summed E-state index contributed by atoms with van der Waals surface area (Å²) in [6.07, 6.45) is -1.49. The average molecular weight is 524 g/mol. The molecule has 37 heavy (non-hydrogen) atoms. The lowest BCUT2D eigenvalue weighted by Gasteiger charge is -2.39. The topological polar surface area (TPSA) is 49.8 Å². The van der Waals surface area contributed by atoms with E-state index in [1.54, 1.807) is 48.2 Å². The second kappa shape index (κ2) is 10.1. The van der Waals surface area contributed by atoms with Gasteiger partial charge in [-0.05, 0) is 36.3 Å². The van der Waals surface area contributed by atoms with Gasteiger partial charge in [0.05, 0.1) is 12.1 Å². The van der Waals surface area contributed by atoms with Crippen LogP contribution in [0.4, 0.5) is 13.2 Å². The van der Waals surface area contributed by atoms with Gasteiger partial charge < -0.3 is 14.7 Å². The van der Waals surface area contributed by atoms with Crippen molar-refractivity contribution < 1.29 is 27.8 Å². The Labute approximate surface area is 217 Å². The summed E-state index contributed by atoms with van der Waals surface area (Å²) in [7, 11) is 1.34. The van der Waals surface area contributed by atoms with E-state index in [0.29, 0.717) is 27.5 Å². The van der Waals surface area contributed by atoms with E-state index in [4.69, 9.17) is 4.74 Å². The molecular weight excluding hydrogens is 499 g/mol. The maximum atomic E-state index is 15.5. The van der Waals surface area contributed by atoms with Crippen LogP contribution in [0, 0.1) is 17.5 Å². The molecule has 2 heterocycles. The number of hydrogen-bond acceptors (Lipinski definition) is 5. The number of carbonyl (C=O) groups excluding carboxylic acids is 1. The molecule has 2 aliphatic rings. The van der Waals surface area contributed by atoms with Crippen molar-refractivity contribution in [1.82, 2.24) is 4.90 Å². The molecule has 2 unspecified atom stereocenters. The molecule has 190 valence electrons. The van der Waals surface area contributed by atoms with Crippen LogP contribution in [0.25, 0.3) is 5.57 Å². The number of aliphatic hydroxyl groups excluding tert-OH is 1. The van der Waals surface area contributed by atoms with Gasteiger partial charge in [-0.3, -0.25) is 4.79 Å². The molecule has 1 fully saturated rings. The quantitative estimate of drug-likeness (QED) is 0.404. The number of fused-ring (bicyclic) bond motifs is 1. The van der Waals surface area contributed by atoms with E-state index >= 15 is 4.39 Å². The summed E-state index contributed by atoms with van der Waals surface area (Å²) in [5.74, 6) is -1.96. The lowest BCUT2D eigenvalue weighted by Crippen LogP contribution is -2.46. The Morgan fingerprint density at radius 3 is 2.38 bits per heavy atom. The number of methoxy groups -OCH3 is 1. The lowest BCUT2D eigenvalue weighted by atomic mass is 9.87. The minimum absolute atomic E-state index is 0.00539. The molecule has 1 saturated heterocycles. The molecule has 0 aliphatic carbocycles. The highest BCUT2D eigenvalue weighted by Crippen LogP contribution is 2.48. The number of nitrogens with zero attached hydrogens (tertiary/aromatic N) is 1. The minimum Gasteiger partial charge on any atom is -0.494 e. The van der Waals surface area contributed by atoms with Crippen molar-refractivity contribution in [3.05, 3.63) is 117 Å². The van der Waals surface area contributed by atoms with Crippen LogP contribution in [0.1, 0.15) is 28.4 Å². The predicted octanol–water partition coefficient (Wildman–Crippen LogP) is 5.97. The third-order valence-corrected chi connectivity index (χ3v) is 8.05. The first-order valence-corrected chi connectivity index (χ1v) is 12.7. The molecule has 2 atom stereocenters. The van der Waals surface area contributed by atoms with Crippen molar-refractivity contribution in [3.8, 4) is 5.75 Å². The molecule has 0 aromatic heterocycles. The number of carbonyl (C=O) groups is 1. The van der Waals surface area contributed by atoms with E-state index in [1.165, 1.54) is 49.2 Å². The Morgan fingerprint density at radius 1 is 1.03 bits per heavy atom. The third-order valence-electron chi connectivity index (χ3n) is 6.83. The summed E-state index contributed by atoms with van der Waals surface area (Å²) in [5.41, 5.74) is 1.68. The second-order valence-electron chi connectivity index (χ2n) is 8.86. The molecule has 8 heteroatoms. The van der Waals surface area contributed by atoms with Crippen molar-refractivity contribution in [3.63, 3.8) is 0 Å². The first-order valence-electron chi connectivity index (χ1n) is 11.7. The largest absolute Gasteiger partial charge is 0.494 e. The molecule has 2 aliphatic heterocycles. The van der Waals surface area contributed by atoms with Crippen LogP contribution in [-0.4, -0.2) is 40.9 Å². The smallest absolute Gasteiger partial charge is 0.186 e. The van der Waals surface area contributed by atoms with Gasteiger partial charge in [0.15, 0.2) is 23.6 Å². The van der Waals surface area contributed by atoms with Crippen LogP contribution in [-0.2, 0) is 6.42 Å². The van der Waals surface area contributed by atoms with Gasteiger partial charge >= 0.3 is 0 Å². The van der Waals surface area contributed by atoms with Gasteiger partial charge in [-0.2, -0.15) is 0 Å². The summed E-state index contributed by atoms with van der Waals surface area (Å²) in [6, 6.07) is 16.2. The number of aliphatic hydroxyl groups is 1. The van der Waals surface area contributed by atoms with Crippen molar-refractivity contribution in [2.24, 2.45) is 0 Å². The molecule has 3 aromatic rings. The highest BCUT2D eigenvalue weighted by molar-refractivity contribution is 8.03. The number of halogens is 3. The third kappa shape index (κ3) is 4.34. The molecule has 3 aromatic carbocycles. The summed E-state index contributed by atoms with van der Waals surface area (Å²) >= 11 is 1.34. The molecule has 0 saturated carbocycles. The fraction of sp³-hybridized carbons (Fsp3) is 0.207. The molecule has 4 nitrogen and oxygen atoms in total. The van der Waals surface area contributed by atoms with E-state index in [2.05, 4.69) is 0 Å². The number of ether oxygens (including phenoxy) is 1. The van der Waals surface area contributed by atoms with Crippen LogP contribution in [0.15, 0.2) is 82.9 Å². The predicted molar refractivity (Wildman–Crippen MR) is 137 cm³/mol.